The Hall–Kier alpha value is -1.22. The van der Waals surface area contributed by atoms with Gasteiger partial charge in [0.2, 0.25) is 0 Å². The lowest BCUT2D eigenvalue weighted by molar-refractivity contribution is 0.0778. The number of thiazole rings is 1. The van der Waals surface area contributed by atoms with Crippen LogP contribution in [0.15, 0.2) is 6.07 Å². The monoisotopic (exact) mass is 393 g/mol. The van der Waals surface area contributed by atoms with Gasteiger partial charge in [-0.3, -0.25) is 9.69 Å². The zero-order chi connectivity index (χ0) is 18.1. The lowest BCUT2D eigenvalue weighted by Crippen LogP contribution is -2.49. The fraction of sp³-hybridized carbons (Fsp3) is 0.667. The van der Waals surface area contributed by atoms with Gasteiger partial charge >= 0.3 is 0 Å². The maximum atomic E-state index is 12.9. The van der Waals surface area contributed by atoms with Gasteiger partial charge in [-0.05, 0) is 26.3 Å². The molecule has 2 fully saturated rings. The van der Waals surface area contributed by atoms with E-state index in [0.29, 0.717) is 6.04 Å². The molecule has 2 aromatic rings. The SMILES string of the molecule is CCN(CC)c1nc2sc(C(=O)N3CCC(N4CCNCC4)C3)cc2s1. The van der Waals surface area contributed by atoms with E-state index >= 15 is 0 Å². The highest BCUT2D eigenvalue weighted by molar-refractivity contribution is 7.29. The highest BCUT2D eigenvalue weighted by atomic mass is 32.1. The highest BCUT2D eigenvalue weighted by Crippen LogP contribution is 2.35. The molecule has 0 aromatic carbocycles. The number of carbonyl (C=O) groups excluding carboxylic acids is 1. The molecule has 6 nitrogen and oxygen atoms in total. The largest absolute Gasteiger partial charge is 0.349 e. The molecule has 2 aliphatic heterocycles. The third-order valence-electron chi connectivity index (χ3n) is 5.44. The van der Waals surface area contributed by atoms with Crippen LogP contribution in [0.25, 0.3) is 9.53 Å². The normalized spacial score (nSPS) is 21.6. The number of amides is 1. The number of carbonyl (C=O) groups is 1. The van der Waals surface area contributed by atoms with Crippen molar-refractivity contribution in [2.75, 3.05) is 57.3 Å². The van der Waals surface area contributed by atoms with E-state index in [1.54, 1.807) is 22.7 Å². The molecule has 1 amide bonds. The van der Waals surface area contributed by atoms with Gasteiger partial charge in [-0.15, -0.1) is 11.3 Å². The molecule has 1 atom stereocenters. The second-order valence-electron chi connectivity index (χ2n) is 6.93. The average molecular weight is 394 g/mol. The van der Waals surface area contributed by atoms with Crippen molar-refractivity contribution in [2.24, 2.45) is 0 Å². The molecule has 0 saturated carbocycles. The fourth-order valence-electron chi connectivity index (χ4n) is 3.89. The van der Waals surface area contributed by atoms with Crippen molar-refractivity contribution in [1.82, 2.24) is 20.1 Å². The minimum atomic E-state index is 0.183. The summed E-state index contributed by atoms with van der Waals surface area (Å²) in [5.41, 5.74) is 0. The van der Waals surface area contributed by atoms with Crippen molar-refractivity contribution in [2.45, 2.75) is 26.3 Å². The van der Waals surface area contributed by atoms with Crippen LogP contribution in [-0.2, 0) is 0 Å². The Bertz CT molecular complexity index is 731. The van der Waals surface area contributed by atoms with E-state index in [4.69, 9.17) is 4.98 Å². The minimum Gasteiger partial charge on any atom is -0.349 e. The van der Waals surface area contributed by atoms with Gasteiger partial charge in [0.05, 0.1) is 9.58 Å². The van der Waals surface area contributed by atoms with Crippen molar-refractivity contribution in [3.8, 4) is 0 Å². The number of piperazine rings is 1. The Labute approximate surface area is 162 Å². The van der Waals surface area contributed by atoms with Gasteiger partial charge in [0.1, 0.15) is 4.83 Å². The Morgan fingerprint density at radius 3 is 2.73 bits per heavy atom. The zero-order valence-electron chi connectivity index (χ0n) is 15.5. The molecule has 8 heteroatoms. The van der Waals surface area contributed by atoms with Crippen molar-refractivity contribution in [3.05, 3.63) is 10.9 Å². The van der Waals surface area contributed by atoms with Gasteiger partial charge in [0, 0.05) is 58.4 Å². The summed E-state index contributed by atoms with van der Waals surface area (Å²) < 4.78 is 1.14. The molecule has 0 radical (unpaired) electrons. The van der Waals surface area contributed by atoms with E-state index in [-0.39, 0.29) is 5.91 Å². The number of hydrogen-bond acceptors (Lipinski definition) is 7. The Balaban J connectivity index is 1.44. The molecular formula is C18H27N5OS2. The van der Waals surface area contributed by atoms with Gasteiger partial charge in [-0.1, -0.05) is 11.3 Å². The van der Waals surface area contributed by atoms with Crippen LogP contribution in [-0.4, -0.2) is 79.1 Å². The molecule has 2 saturated heterocycles. The summed E-state index contributed by atoms with van der Waals surface area (Å²) in [6, 6.07) is 2.57. The van der Waals surface area contributed by atoms with Gasteiger partial charge in [0.25, 0.3) is 5.91 Å². The van der Waals surface area contributed by atoms with Crippen LogP contribution in [0.4, 0.5) is 5.13 Å². The summed E-state index contributed by atoms with van der Waals surface area (Å²) in [6.45, 7) is 12.3. The van der Waals surface area contributed by atoms with Crippen LogP contribution in [0.5, 0.6) is 0 Å². The maximum Gasteiger partial charge on any atom is 0.264 e. The number of hydrogen-bond donors (Lipinski definition) is 1. The molecule has 0 bridgehead atoms. The van der Waals surface area contributed by atoms with Crippen LogP contribution >= 0.6 is 22.7 Å². The highest BCUT2D eigenvalue weighted by Gasteiger charge is 2.32. The number of nitrogens with one attached hydrogen (secondary N) is 1. The first-order valence-electron chi connectivity index (χ1n) is 9.59. The number of fused-ring (bicyclic) bond motifs is 1. The second kappa shape index (κ2) is 7.80. The summed E-state index contributed by atoms with van der Waals surface area (Å²) in [6.07, 6.45) is 1.09. The van der Waals surface area contributed by atoms with Crippen LogP contribution in [0, 0.1) is 0 Å². The first-order chi connectivity index (χ1) is 12.7. The zero-order valence-corrected chi connectivity index (χ0v) is 17.2. The van der Waals surface area contributed by atoms with E-state index in [0.717, 1.165) is 78.3 Å². The van der Waals surface area contributed by atoms with Crippen molar-refractivity contribution in [3.63, 3.8) is 0 Å². The molecule has 26 heavy (non-hydrogen) atoms. The lowest BCUT2D eigenvalue weighted by Gasteiger charge is -2.32. The molecule has 1 N–H and O–H groups in total. The van der Waals surface area contributed by atoms with Crippen LogP contribution in [0.3, 0.4) is 0 Å². The van der Waals surface area contributed by atoms with E-state index < -0.39 is 0 Å². The molecule has 0 spiro atoms. The molecule has 1 unspecified atom stereocenters. The first-order valence-corrected chi connectivity index (χ1v) is 11.2. The number of nitrogens with zero attached hydrogens (tertiary/aromatic N) is 4. The summed E-state index contributed by atoms with van der Waals surface area (Å²) in [4.78, 5) is 26.4. The summed E-state index contributed by atoms with van der Waals surface area (Å²) in [5.74, 6) is 0.183. The fourth-order valence-corrected chi connectivity index (χ4v) is 6.19. The minimum absolute atomic E-state index is 0.183. The Morgan fingerprint density at radius 1 is 1.27 bits per heavy atom. The Morgan fingerprint density at radius 2 is 2.04 bits per heavy atom. The standard InChI is InChI=1S/C18H27N5OS2/c1-3-21(4-2)18-20-16-14(26-18)11-15(25-16)17(24)23-8-5-13(12-23)22-9-6-19-7-10-22/h11,13,19H,3-10,12H2,1-2H3. The average Bonchev–Trinajstić information content (AvgIpc) is 3.38. The van der Waals surface area contributed by atoms with Crippen LogP contribution in [0.1, 0.15) is 29.9 Å². The molecule has 4 heterocycles. The van der Waals surface area contributed by atoms with Crippen molar-refractivity contribution in [1.29, 1.82) is 0 Å². The third-order valence-corrected chi connectivity index (χ3v) is 7.65. The molecule has 2 aliphatic rings. The topological polar surface area (TPSA) is 51.7 Å². The molecular weight excluding hydrogens is 366 g/mol. The predicted molar refractivity (Wildman–Crippen MR) is 110 cm³/mol. The third kappa shape index (κ3) is 3.47. The van der Waals surface area contributed by atoms with Gasteiger partial charge in [-0.2, -0.15) is 0 Å². The molecule has 2 aromatic heterocycles. The van der Waals surface area contributed by atoms with Crippen LogP contribution < -0.4 is 10.2 Å². The van der Waals surface area contributed by atoms with Crippen molar-refractivity contribution >= 4 is 43.2 Å². The number of thiophene rings is 1. The lowest BCUT2D eigenvalue weighted by atomic mass is 10.2. The summed E-state index contributed by atoms with van der Waals surface area (Å²) in [5, 5.41) is 4.47. The number of aromatic nitrogens is 1. The summed E-state index contributed by atoms with van der Waals surface area (Å²) >= 11 is 3.24. The molecule has 0 aliphatic carbocycles. The quantitative estimate of drug-likeness (QED) is 0.845. The molecule has 142 valence electrons. The van der Waals surface area contributed by atoms with E-state index in [1.807, 2.05) is 11.0 Å². The van der Waals surface area contributed by atoms with Gasteiger partial charge < -0.3 is 15.1 Å². The second-order valence-corrected chi connectivity index (χ2v) is 8.97. The first kappa shape index (κ1) is 18.2. The predicted octanol–water partition coefficient (Wildman–Crippen LogP) is 2.32. The van der Waals surface area contributed by atoms with Crippen molar-refractivity contribution < 1.29 is 4.79 Å². The number of rotatable bonds is 5. The smallest absolute Gasteiger partial charge is 0.264 e. The number of likely N-dealkylation sites (tertiary alicyclic amines) is 1. The summed E-state index contributed by atoms with van der Waals surface area (Å²) in [7, 11) is 0. The number of anilines is 1. The van der Waals surface area contributed by atoms with Gasteiger partial charge in [0.15, 0.2) is 5.13 Å². The van der Waals surface area contributed by atoms with Crippen LogP contribution in [0.2, 0.25) is 0 Å². The van der Waals surface area contributed by atoms with Gasteiger partial charge in [-0.25, -0.2) is 4.98 Å². The molecule has 4 rings (SSSR count). The maximum absolute atomic E-state index is 12.9. The van der Waals surface area contributed by atoms with E-state index in [9.17, 15) is 4.79 Å². The Kier molecular flexibility index (Phi) is 5.45. The van der Waals surface area contributed by atoms with E-state index in [1.165, 1.54) is 0 Å². The van der Waals surface area contributed by atoms with E-state index in [2.05, 4.69) is 29.0 Å².